The molecule has 2 aromatic carbocycles. The SMILES string of the molecule is CNS(=O)(=O)c1ccc(/C=[N+](\[O-])C2N(c3ccccc3)C(=S)SC2(C)C)cc1. The van der Waals surface area contributed by atoms with Gasteiger partial charge in [-0.3, -0.25) is 4.90 Å². The van der Waals surface area contributed by atoms with Crippen LogP contribution < -0.4 is 9.62 Å². The fraction of sp³-hybridized carbons (Fsp3) is 0.263. The smallest absolute Gasteiger partial charge is 0.258 e. The maximum absolute atomic E-state index is 13.1. The lowest BCUT2D eigenvalue weighted by Crippen LogP contribution is -2.48. The van der Waals surface area contributed by atoms with Crippen molar-refractivity contribution in [3.8, 4) is 0 Å². The first-order valence-electron chi connectivity index (χ1n) is 8.57. The van der Waals surface area contributed by atoms with Gasteiger partial charge in [-0.25, -0.2) is 13.1 Å². The number of para-hydroxylation sites is 1. The summed E-state index contributed by atoms with van der Waals surface area (Å²) in [6.45, 7) is 3.97. The Morgan fingerprint density at radius 1 is 1.18 bits per heavy atom. The van der Waals surface area contributed by atoms with E-state index in [1.165, 1.54) is 37.2 Å². The van der Waals surface area contributed by atoms with Gasteiger partial charge in [-0.1, -0.05) is 42.2 Å². The van der Waals surface area contributed by atoms with E-state index in [1.54, 1.807) is 12.1 Å². The molecule has 0 bridgehead atoms. The van der Waals surface area contributed by atoms with Crippen LogP contribution in [0.1, 0.15) is 19.4 Å². The van der Waals surface area contributed by atoms with Crippen LogP contribution in [0.3, 0.4) is 0 Å². The number of thioether (sulfide) groups is 1. The Morgan fingerprint density at radius 3 is 2.36 bits per heavy atom. The van der Waals surface area contributed by atoms with Crippen LogP contribution in [0, 0.1) is 5.21 Å². The van der Waals surface area contributed by atoms with Gasteiger partial charge >= 0.3 is 0 Å². The van der Waals surface area contributed by atoms with Gasteiger partial charge in [-0.15, -0.1) is 0 Å². The second-order valence-electron chi connectivity index (χ2n) is 6.82. The van der Waals surface area contributed by atoms with Crippen LogP contribution in [0.15, 0.2) is 59.5 Å². The van der Waals surface area contributed by atoms with Crippen molar-refractivity contribution >= 4 is 50.2 Å². The molecule has 0 spiro atoms. The molecule has 6 nitrogen and oxygen atoms in total. The van der Waals surface area contributed by atoms with E-state index in [0.717, 1.165) is 10.4 Å². The minimum Gasteiger partial charge on any atom is -0.622 e. The van der Waals surface area contributed by atoms with E-state index in [4.69, 9.17) is 12.2 Å². The summed E-state index contributed by atoms with van der Waals surface area (Å²) in [5.41, 5.74) is 1.47. The molecule has 0 saturated carbocycles. The average molecular weight is 436 g/mol. The summed E-state index contributed by atoms with van der Waals surface area (Å²) in [5.74, 6) is 0. The lowest BCUT2D eigenvalue weighted by molar-refractivity contribution is -0.497. The summed E-state index contributed by atoms with van der Waals surface area (Å²) < 4.78 is 27.1. The Labute approximate surface area is 174 Å². The maximum atomic E-state index is 13.1. The van der Waals surface area contributed by atoms with Crippen LogP contribution in [-0.4, -0.2) is 41.7 Å². The van der Waals surface area contributed by atoms with E-state index in [2.05, 4.69) is 4.72 Å². The summed E-state index contributed by atoms with van der Waals surface area (Å²) in [7, 11) is -2.16. The van der Waals surface area contributed by atoms with E-state index in [1.807, 2.05) is 49.1 Å². The van der Waals surface area contributed by atoms with Crippen molar-refractivity contribution in [2.24, 2.45) is 0 Å². The second kappa shape index (κ2) is 7.82. The van der Waals surface area contributed by atoms with Crippen molar-refractivity contribution in [1.29, 1.82) is 0 Å². The number of rotatable bonds is 5. The fourth-order valence-corrected chi connectivity index (χ4v) is 5.71. The zero-order valence-corrected chi connectivity index (χ0v) is 18.1. The first-order valence-corrected chi connectivity index (χ1v) is 11.3. The van der Waals surface area contributed by atoms with Crippen LogP contribution in [0.4, 0.5) is 5.69 Å². The molecule has 1 saturated heterocycles. The van der Waals surface area contributed by atoms with Crippen LogP contribution in [-0.2, 0) is 10.0 Å². The predicted molar refractivity (Wildman–Crippen MR) is 118 cm³/mol. The molecule has 1 aliphatic heterocycles. The molecule has 148 valence electrons. The first-order chi connectivity index (χ1) is 13.2. The zero-order valence-electron chi connectivity index (χ0n) is 15.7. The van der Waals surface area contributed by atoms with E-state index in [0.29, 0.717) is 9.88 Å². The predicted octanol–water partition coefficient (Wildman–Crippen LogP) is 3.17. The average Bonchev–Trinajstić information content (AvgIpc) is 2.91. The molecule has 1 unspecified atom stereocenters. The second-order valence-corrected chi connectivity index (χ2v) is 11.0. The Balaban J connectivity index is 1.96. The highest BCUT2D eigenvalue weighted by atomic mass is 32.2. The number of hydrogen-bond donors (Lipinski definition) is 1. The van der Waals surface area contributed by atoms with Crippen LogP contribution in [0.25, 0.3) is 0 Å². The summed E-state index contributed by atoms with van der Waals surface area (Å²) >= 11 is 7.03. The third-order valence-corrected chi connectivity index (χ3v) is 7.41. The number of thiocarbonyl (C=S) groups is 1. The van der Waals surface area contributed by atoms with Crippen molar-refractivity contribution in [3.05, 3.63) is 65.4 Å². The molecule has 1 atom stereocenters. The van der Waals surface area contributed by atoms with Gasteiger partial charge in [0.1, 0.15) is 9.07 Å². The minimum absolute atomic E-state index is 0.147. The zero-order chi connectivity index (χ0) is 20.5. The number of anilines is 1. The molecule has 0 radical (unpaired) electrons. The van der Waals surface area contributed by atoms with Crippen molar-refractivity contribution in [3.63, 3.8) is 0 Å². The largest absolute Gasteiger partial charge is 0.622 e. The molecule has 28 heavy (non-hydrogen) atoms. The Hall–Kier alpha value is -1.94. The molecule has 0 amide bonds. The van der Waals surface area contributed by atoms with Gasteiger partial charge in [0.25, 0.3) is 6.17 Å². The summed E-state index contributed by atoms with van der Waals surface area (Å²) in [6, 6.07) is 15.7. The number of hydrogen-bond acceptors (Lipinski definition) is 5. The number of nitrogens with one attached hydrogen (secondary N) is 1. The number of benzene rings is 2. The van der Waals surface area contributed by atoms with Gasteiger partial charge < -0.3 is 5.21 Å². The Kier molecular flexibility index (Phi) is 5.81. The van der Waals surface area contributed by atoms with Crippen LogP contribution in [0.2, 0.25) is 0 Å². The van der Waals surface area contributed by atoms with Crippen molar-refractivity contribution in [2.75, 3.05) is 11.9 Å². The summed E-state index contributed by atoms with van der Waals surface area (Å²) in [5, 5.41) is 13.1. The van der Waals surface area contributed by atoms with Crippen molar-refractivity contribution in [2.45, 2.75) is 29.7 Å². The topological polar surface area (TPSA) is 75.5 Å². The molecule has 1 heterocycles. The third-order valence-electron chi connectivity index (χ3n) is 4.42. The van der Waals surface area contributed by atoms with Crippen LogP contribution >= 0.6 is 24.0 Å². The van der Waals surface area contributed by atoms with Gasteiger partial charge in [-0.05, 0) is 57.3 Å². The third kappa shape index (κ3) is 4.07. The van der Waals surface area contributed by atoms with Crippen molar-refractivity contribution < 1.29 is 13.2 Å². The highest BCUT2D eigenvalue weighted by Crippen LogP contribution is 2.43. The summed E-state index contributed by atoms with van der Waals surface area (Å²) in [6.07, 6.45) is 0.931. The number of nitrogens with zero attached hydrogens (tertiary/aromatic N) is 2. The highest BCUT2D eigenvalue weighted by molar-refractivity contribution is 8.24. The van der Waals surface area contributed by atoms with E-state index >= 15 is 0 Å². The van der Waals surface area contributed by atoms with E-state index in [-0.39, 0.29) is 4.90 Å². The van der Waals surface area contributed by atoms with E-state index in [9.17, 15) is 13.6 Å². The monoisotopic (exact) mass is 435 g/mol. The molecule has 1 aliphatic rings. The molecule has 1 fully saturated rings. The van der Waals surface area contributed by atoms with Gasteiger partial charge in [-0.2, -0.15) is 4.74 Å². The minimum atomic E-state index is -3.51. The maximum Gasteiger partial charge on any atom is 0.258 e. The number of hydroxylamine groups is 1. The molecule has 3 rings (SSSR count). The molecule has 0 aromatic heterocycles. The molecular formula is C19H21N3O3S3. The fourth-order valence-electron chi connectivity index (χ4n) is 3.06. The highest BCUT2D eigenvalue weighted by Gasteiger charge is 2.51. The van der Waals surface area contributed by atoms with Gasteiger partial charge in [0.15, 0.2) is 6.21 Å². The molecule has 0 aliphatic carbocycles. The van der Waals surface area contributed by atoms with Crippen molar-refractivity contribution in [1.82, 2.24) is 4.72 Å². The van der Waals surface area contributed by atoms with Gasteiger partial charge in [0.05, 0.1) is 4.90 Å². The Bertz CT molecular complexity index is 1000. The summed E-state index contributed by atoms with van der Waals surface area (Å²) in [4.78, 5) is 2.01. The first kappa shape index (κ1) is 20.8. The van der Waals surface area contributed by atoms with Gasteiger partial charge in [0.2, 0.25) is 10.0 Å². The molecular weight excluding hydrogens is 414 g/mol. The molecule has 2 aromatic rings. The standard InChI is InChI=1S/C19H21N3O3S3/c1-19(2)17(22(18(26)27-19)15-7-5-4-6-8-15)21(23)13-14-9-11-16(12-10-14)28(24,25)20-3/h4-13,17,20H,1-3H3/b21-13-. The molecule has 1 N–H and O–H groups in total. The lowest BCUT2D eigenvalue weighted by atomic mass is 10.1. The normalized spacial score (nSPS) is 19.8. The van der Waals surface area contributed by atoms with E-state index < -0.39 is 20.9 Å². The van der Waals surface area contributed by atoms with Crippen LogP contribution in [0.5, 0.6) is 0 Å². The van der Waals surface area contributed by atoms with Gasteiger partial charge in [0, 0.05) is 11.3 Å². The number of sulfonamides is 1. The quantitative estimate of drug-likeness (QED) is 0.256. The lowest BCUT2D eigenvalue weighted by Gasteiger charge is -2.29. The molecule has 9 heteroatoms. The Morgan fingerprint density at radius 2 is 1.79 bits per heavy atom.